The molecule has 0 saturated carbocycles. The number of benzene rings is 1. The number of nitrogens with zero attached hydrogens (tertiary/aromatic N) is 3. The Kier molecular flexibility index (Phi) is 5.46. The zero-order valence-electron chi connectivity index (χ0n) is 17.4. The number of fused-ring (bicyclic) bond motifs is 3. The van der Waals surface area contributed by atoms with Crippen LogP contribution in [-0.4, -0.2) is 65.3 Å². The molecule has 3 aliphatic heterocycles. The highest BCUT2D eigenvalue weighted by atomic mass is 16.5. The Morgan fingerprint density at radius 3 is 2.61 bits per heavy atom. The van der Waals surface area contributed by atoms with Crippen molar-refractivity contribution in [2.75, 3.05) is 31.3 Å². The van der Waals surface area contributed by atoms with Gasteiger partial charge in [0.15, 0.2) is 0 Å². The summed E-state index contributed by atoms with van der Waals surface area (Å²) >= 11 is 0. The predicted molar refractivity (Wildman–Crippen MR) is 115 cm³/mol. The van der Waals surface area contributed by atoms with E-state index >= 15 is 0 Å². The Balaban J connectivity index is 1.43. The summed E-state index contributed by atoms with van der Waals surface area (Å²) in [6.45, 7) is 1.58. The number of hydrogen-bond donors (Lipinski definition) is 1. The smallest absolute Gasteiger partial charge is 0.230 e. The van der Waals surface area contributed by atoms with E-state index in [0.29, 0.717) is 25.5 Å². The SMILES string of the molecule is O=C(C1CCOCC1)N1C[C@@H]2[C@H](c3ccccc31)[C@H](CO)N2C(=O)Cc1ccccn1. The van der Waals surface area contributed by atoms with Crippen molar-refractivity contribution < 1.29 is 19.4 Å². The normalized spacial score (nSPS) is 25.4. The first-order chi connectivity index (χ1) is 15.2. The Morgan fingerprint density at radius 2 is 1.87 bits per heavy atom. The van der Waals surface area contributed by atoms with Gasteiger partial charge < -0.3 is 19.6 Å². The quantitative estimate of drug-likeness (QED) is 0.813. The molecule has 1 aromatic carbocycles. The molecule has 162 valence electrons. The molecule has 1 N–H and O–H groups in total. The van der Waals surface area contributed by atoms with E-state index in [-0.39, 0.29) is 48.8 Å². The van der Waals surface area contributed by atoms with E-state index in [9.17, 15) is 14.7 Å². The number of para-hydroxylation sites is 1. The van der Waals surface area contributed by atoms with Gasteiger partial charge in [0.05, 0.1) is 25.1 Å². The van der Waals surface area contributed by atoms with Crippen molar-refractivity contribution in [2.45, 2.75) is 37.3 Å². The second-order valence-electron chi connectivity index (χ2n) is 8.54. The van der Waals surface area contributed by atoms with Crippen molar-refractivity contribution in [1.29, 1.82) is 0 Å². The van der Waals surface area contributed by atoms with Crippen molar-refractivity contribution in [3.8, 4) is 0 Å². The standard InChI is InChI=1S/C24H27N3O4/c28-15-21-23-18-6-1-2-7-19(18)26(24(30)16-8-11-31-12-9-16)14-20(23)27(21)22(29)13-17-5-3-4-10-25-17/h1-7,10,16,20-21,23,28H,8-9,11-15H2/t20-,21+,23+/m1/s1. The van der Waals surface area contributed by atoms with Crippen LogP contribution in [-0.2, 0) is 20.7 Å². The molecule has 2 amide bonds. The fourth-order valence-electron chi connectivity index (χ4n) is 5.36. The van der Waals surface area contributed by atoms with Gasteiger partial charge in [-0.15, -0.1) is 0 Å². The molecular formula is C24H27N3O4. The van der Waals surface area contributed by atoms with Crippen molar-refractivity contribution in [3.63, 3.8) is 0 Å². The summed E-state index contributed by atoms with van der Waals surface area (Å²) in [5.41, 5.74) is 2.66. The summed E-state index contributed by atoms with van der Waals surface area (Å²) in [6, 6.07) is 13.0. The molecule has 31 heavy (non-hydrogen) atoms. The van der Waals surface area contributed by atoms with Crippen LogP contribution in [0.4, 0.5) is 5.69 Å². The highest BCUT2D eigenvalue weighted by Gasteiger charge is 2.55. The summed E-state index contributed by atoms with van der Waals surface area (Å²) < 4.78 is 5.43. The number of carbonyl (C=O) groups is 2. The molecule has 0 aliphatic carbocycles. The van der Waals surface area contributed by atoms with Gasteiger partial charge in [0.1, 0.15) is 0 Å². The van der Waals surface area contributed by atoms with Gasteiger partial charge >= 0.3 is 0 Å². The first-order valence-electron chi connectivity index (χ1n) is 11.0. The molecule has 2 saturated heterocycles. The first kappa shape index (κ1) is 20.2. The summed E-state index contributed by atoms with van der Waals surface area (Å²) in [7, 11) is 0. The van der Waals surface area contributed by atoms with Gasteiger partial charge in [-0.25, -0.2) is 0 Å². The highest BCUT2D eigenvalue weighted by Crippen LogP contribution is 2.48. The highest BCUT2D eigenvalue weighted by molar-refractivity contribution is 5.97. The van der Waals surface area contributed by atoms with Crippen molar-refractivity contribution >= 4 is 17.5 Å². The predicted octanol–water partition coefficient (Wildman–Crippen LogP) is 1.75. The Hall–Kier alpha value is -2.77. The fourth-order valence-corrected chi connectivity index (χ4v) is 5.36. The summed E-state index contributed by atoms with van der Waals surface area (Å²) in [5.74, 6) is 0.0352. The van der Waals surface area contributed by atoms with E-state index < -0.39 is 0 Å². The summed E-state index contributed by atoms with van der Waals surface area (Å²) in [6.07, 6.45) is 3.33. The number of aromatic nitrogens is 1. The summed E-state index contributed by atoms with van der Waals surface area (Å²) in [5, 5.41) is 10.1. The average molecular weight is 421 g/mol. The molecule has 2 aromatic rings. The van der Waals surface area contributed by atoms with Crippen LogP contribution in [0, 0.1) is 5.92 Å². The van der Waals surface area contributed by atoms with E-state index in [2.05, 4.69) is 4.98 Å². The molecular weight excluding hydrogens is 394 g/mol. The van der Waals surface area contributed by atoms with Gasteiger partial charge in [-0.2, -0.15) is 0 Å². The maximum absolute atomic E-state index is 13.4. The van der Waals surface area contributed by atoms with Crippen LogP contribution >= 0.6 is 0 Å². The lowest BCUT2D eigenvalue weighted by atomic mass is 9.71. The third-order valence-electron chi connectivity index (χ3n) is 6.87. The minimum absolute atomic E-state index is 0.0348. The van der Waals surface area contributed by atoms with E-state index in [1.807, 2.05) is 47.4 Å². The molecule has 0 unspecified atom stereocenters. The second kappa shape index (κ2) is 8.40. The van der Waals surface area contributed by atoms with Gasteiger partial charge in [-0.1, -0.05) is 24.3 Å². The maximum atomic E-state index is 13.4. The largest absolute Gasteiger partial charge is 0.394 e. The van der Waals surface area contributed by atoms with Gasteiger partial charge in [-0.3, -0.25) is 14.6 Å². The third-order valence-corrected chi connectivity index (χ3v) is 6.87. The summed E-state index contributed by atoms with van der Waals surface area (Å²) in [4.78, 5) is 34.5. The minimum Gasteiger partial charge on any atom is -0.394 e. The number of hydrogen-bond acceptors (Lipinski definition) is 5. The van der Waals surface area contributed by atoms with E-state index in [1.54, 1.807) is 11.1 Å². The van der Waals surface area contributed by atoms with Gasteiger partial charge in [0.25, 0.3) is 0 Å². The maximum Gasteiger partial charge on any atom is 0.230 e. The molecule has 5 rings (SSSR count). The number of pyridine rings is 1. The molecule has 1 aromatic heterocycles. The molecule has 3 aliphatic rings. The van der Waals surface area contributed by atoms with Crippen LogP contribution in [0.1, 0.15) is 30.0 Å². The fraction of sp³-hybridized carbons (Fsp3) is 0.458. The molecule has 0 spiro atoms. The molecule has 3 atom stereocenters. The number of rotatable bonds is 4. The molecule has 0 bridgehead atoms. The van der Waals surface area contributed by atoms with E-state index in [4.69, 9.17) is 4.74 Å². The van der Waals surface area contributed by atoms with E-state index in [1.165, 1.54) is 0 Å². The van der Waals surface area contributed by atoms with Crippen LogP contribution in [0.25, 0.3) is 0 Å². The zero-order valence-corrected chi connectivity index (χ0v) is 17.4. The van der Waals surface area contributed by atoms with Crippen LogP contribution < -0.4 is 4.90 Å². The average Bonchev–Trinajstić information content (AvgIpc) is 2.80. The minimum atomic E-state index is -0.275. The van der Waals surface area contributed by atoms with E-state index in [0.717, 1.165) is 24.1 Å². The molecule has 2 fully saturated rings. The van der Waals surface area contributed by atoms with Crippen molar-refractivity contribution in [3.05, 3.63) is 59.9 Å². The van der Waals surface area contributed by atoms with Crippen LogP contribution in [0.3, 0.4) is 0 Å². The van der Waals surface area contributed by atoms with Gasteiger partial charge in [-0.05, 0) is 36.6 Å². The Morgan fingerprint density at radius 1 is 1.10 bits per heavy atom. The number of aliphatic hydroxyl groups is 1. The number of anilines is 1. The van der Waals surface area contributed by atoms with Crippen LogP contribution in [0.5, 0.6) is 0 Å². The van der Waals surface area contributed by atoms with Crippen molar-refractivity contribution in [1.82, 2.24) is 9.88 Å². The lowest BCUT2D eigenvalue weighted by Crippen LogP contribution is -2.71. The molecule has 7 heteroatoms. The first-order valence-corrected chi connectivity index (χ1v) is 11.0. The number of amides is 2. The number of ether oxygens (including phenoxy) is 1. The number of carbonyl (C=O) groups excluding carboxylic acids is 2. The third kappa shape index (κ3) is 3.51. The monoisotopic (exact) mass is 421 g/mol. The van der Waals surface area contributed by atoms with Crippen LogP contribution in [0.2, 0.25) is 0 Å². The zero-order chi connectivity index (χ0) is 21.4. The van der Waals surface area contributed by atoms with Crippen LogP contribution in [0.15, 0.2) is 48.7 Å². The second-order valence-corrected chi connectivity index (χ2v) is 8.54. The van der Waals surface area contributed by atoms with Crippen molar-refractivity contribution in [2.24, 2.45) is 5.92 Å². The topological polar surface area (TPSA) is 83.0 Å². The molecule has 4 heterocycles. The number of likely N-dealkylation sites (tertiary alicyclic amines) is 1. The molecule has 7 nitrogen and oxygen atoms in total. The lowest BCUT2D eigenvalue weighted by molar-refractivity contribution is -0.150. The molecule has 0 radical (unpaired) electrons. The van der Waals surface area contributed by atoms with Gasteiger partial charge in [0, 0.05) is 49.2 Å². The lowest BCUT2D eigenvalue weighted by Gasteiger charge is -2.59. The van der Waals surface area contributed by atoms with Gasteiger partial charge in [0.2, 0.25) is 11.8 Å². The Bertz CT molecular complexity index is 960. The number of aliphatic hydroxyl groups excluding tert-OH is 1. The Labute approximate surface area is 181 Å².